The van der Waals surface area contributed by atoms with Crippen molar-refractivity contribution < 1.29 is 9.84 Å². The normalized spacial score (nSPS) is 19.0. The number of halogens is 1. The van der Waals surface area contributed by atoms with E-state index in [0.29, 0.717) is 53.4 Å². The summed E-state index contributed by atoms with van der Waals surface area (Å²) in [6.07, 6.45) is 4.27. The van der Waals surface area contributed by atoms with Gasteiger partial charge in [-0.15, -0.1) is 4.52 Å². The molecule has 3 N–H and O–H groups in total. The molecule has 3 aliphatic rings. The molecule has 4 heterocycles. The van der Waals surface area contributed by atoms with E-state index in [0.717, 1.165) is 44.7 Å². The summed E-state index contributed by atoms with van der Waals surface area (Å²) in [6, 6.07) is 6.03. The maximum atomic E-state index is 9.75. The zero-order valence-electron chi connectivity index (χ0n) is 20.7. The largest absolute Gasteiger partial charge is 0.396 e. The van der Waals surface area contributed by atoms with Gasteiger partial charge in [0, 0.05) is 38.8 Å². The number of fused-ring (bicyclic) bond motifs is 1. The van der Waals surface area contributed by atoms with Crippen LogP contribution >= 0.6 is 11.6 Å². The van der Waals surface area contributed by atoms with Gasteiger partial charge in [0.15, 0.2) is 5.82 Å². The van der Waals surface area contributed by atoms with Gasteiger partial charge in [-0.25, -0.2) is 4.98 Å². The van der Waals surface area contributed by atoms with Gasteiger partial charge >= 0.3 is 0 Å². The molecular formula is C25H27ClN10O2. The summed E-state index contributed by atoms with van der Waals surface area (Å²) < 4.78 is 6.94. The van der Waals surface area contributed by atoms with Crippen molar-refractivity contribution in [1.82, 2.24) is 24.5 Å². The molecule has 1 saturated carbocycles. The van der Waals surface area contributed by atoms with E-state index < -0.39 is 0 Å². The molecule has 0 bridgehead atoms. The highest BCUT2D eigenvalue weighted by atomic mass is 35.5. The zero-order valence-corrected chi connectivity index (χ0v) is 21.4. The Kier molecular flexibility index (Phi) is 6.41. The second-order valence-corrected chi connectivity index (χ2v) is 10.3. The van der Waals surface area contributed by atoms with Crippen molar-refractivity contribution in [2.45, 2.75) is 30.8 Å². The molecule has 38 heavy (non-hydrogen) atoms. The van der Waals surface area contributed by atoms with E-state index in [1.165, 1.54) is 10.7 Å². The molecule has 2 aliphatic heterocycles. The van der Waals surface area contributed by atoms with E-state index in [-0.39, 0.29) is 23.9 Å². The number of anilines is 4. The van der Waals surface area contributed by atoms with Crippen molar-refractivity contribution in [2.24, 2.45) is 0 Å². The maximum Gasteiger partial charge on any atom is 0.275 e. The number of ether oxygens (including phenoxy) is 1. The van der Waals surface area contributed by atoms with E-state index >= 15 is 0 Å². The van der Waals surface area contributed by atoms with Gasteiger partial charge in [-0.3, -0.25) is 4.90 Å². The van der Waals surface area contributed by atoms with Crippen molar-refractivity contribution in [2.75, 3.05) is 61.5 Å². The monoisotopic (exact) mass is 534 g/mol. The molecule has 0 unspecified atom stereocenters. The molecular weight excluding hydrogens is 508 g/mol. The van der Waals surface area contributed by atoms with Gasteiger partial charge in [0.05, 0.1) is 53.0 Å². The molecule has 1 aliphatic carbocycles. The first-order chi connectivity index (χ1) is 18.5. The van der Waals surface area contributed by atoms with Crippen LogP contribution in [0.25, 0.3) is 10.5 Å². The second-order valence-electron chi connectivity index (χ2n) is 9.92. The third-order valence-corrected chi connectivity index (χ3v) is 7.81. The Balaban J connectivity index is 1.28. The fraction of sp³-hybridized carbons (Fsp3) is 0.480. The highest BCUT2D eigenvalue weighted by Gasteiger charge is 2.44. The summed E-state index contributed by atoms with van der Waals surface area (Å²) in [5, 5.41) is 30.8. The lowest BCUT2D eigenvalue weighted by molar-refractivity contribution is -0.150. The number of benzene rings is 1. The Morgan fingerprint density at radius 2 is 2.05 bits per heavy atom. The number of hydrogen-bond donors (Lipinski definition) is 3. The number of nitrogens with zero attached hydrogens (tertiary/aromatic N) is 8. The summed E-state index contributed by atoms with van der Waals surface area (Å²) >= 11 is 6.91. The Morgan fingerprint density at radius 1 is 1.26 bits per heavy atom. The standard InChI is InChI=1S/C25H27ClN10O2/c1-28-20-13-29-23-22(30-17-2-3-17)32-24(33-36(20)23)31-18-10-16(12-27)11-19(21(18)26)34-5-7-35(8-6-34)25(4-9-37)14-38-15-25/h10-11,13,17,37H,2-9,14-15H2,(H2,30,31,32,33). The van der Waals surface area contributed by atoms with E-state index in [2.05, 4.69) is 46.4 Å². The summed E-state index contributed by atoms with van der Waals surface area (Å²) in [5.41, 5.74) is 2.12. The summed E-state index contributed by atoms with van der Waals surface area (Å²) in [7, 11) is 0. The average molecular weight is 535 g/mol. The molecule has 6 rings (SSSR count). The second kappa shape index (κ2) is 9.89. The van der Waals surface area contributed by atoms with Crippen LogP contribution in [0.1, 0.15) is 24.8 Å². The lowest BCUT2D eigenvalue weighted by atomic mass is 9.90. The molecule has 1 aromatic carbocycles. The quantitative estimate of drug-likeness (QED) is 0.371. The Labute approximate surface area is 224 Å². The van der Waals surface area contributed by atoms with Crippen LogP contribution in [0.4, 0.5) is 29.0 Å². The minimum absolute atomic E-state index is 0.0917. The van der Waals surface area contributed by atoms with Gasteiger partial charge in [-0.1, -0.05) is 23.3 Å². The lowest BCUT2D eigenvalue weighted by Crippen LogP contribution is -2.66. The van der Waals surface area contributed by atoms with Crippen molar-refractivity contribution >= 4 is 46.2 Å². The number of aliphatic hydroxyl groups is 1. The first-order valence-electron chi connectivity index (χ1n) is 12.6. The summed E-state index contributed by atoms with van der Waals surface area (Å²) in [5.74, 6) is 1.06. The predicted molar refractivity (Wildman–Crippen MR) is 142 cm³/mol. The first-order valence-corrected chi connectivity index (χ1v) is 13.0. The van der Waals surface area contributed by atoms with E-state index in [4.69, 9.17) is 22.9 Å². The number of hydrogen-bond acceptors (Lipinski definition) is 10. The highest BCUT2D eigenvalue weighted by Crippen LogP contribution is 2.38. The average Bonchev–Trinajstić information content (AvgIpc) is 3.63. The Morgan fingerprint density at radius 3 is 2.68 bits per heavy atom. The molecule has 0 amide bonds. The lowest BCUT2D eigenvalue weighted by Gasteiger charge is -2.52. The van der Waals surface area contributed by atoms with Gasteiger partial charge in [-0.05, 0) is 31.4 Å². The summed E-state index contributed by atoms with van der Waals surface area (Å²) in [6.45, 7) is 11.9. The number of nitriles is 1. The van der Waals surface area contributed by atoms with Crippen LogP contribution in [0.5, 0.6) is 0 Å². The number of rotatable bonds is 8. The van der Waals surface area contributed by atoms with E-state index in [1.807, 2.05) is 0 Å². The topological polar surface area (TPSA) is 131 Å². The van der Waals surface area contributed by atoms with E-state index in [9.17, 15) is 10.4 Å². The molecule has 0 atom stereocenters. The molecule has 196 valence electrons. The first kappa shape index (κ1) is 24.6. The van der Waals surface area contributed by atoms with Crippen LogP contribution in [-0.4, -0.2) is 87.2 Å². The number of aromatic nitrogens is 4. The Bertz CT molecular complexity index is 1450. The molecule has 3 aromatic rings. The Hall–Kier alpha value is -3.68. The minimum Gasteiger partial charge on any atom is -0.396 e. The van der Waals surface area contributed by atoms with Crippen LogP contribution in [-0.2, 0) is 4.74 Å². The molecule has 0 spiro atoms. The summed E-state index contributed by atoms with van der Waals surface area (Å²) in [4.78, 5) is 17.0. The number of nitrogens with one attached hydrogen (secondary N) is 2. The molecule has 13 heteroatoms. The smallest absolute Gasteiger partial charge is 0.275 e. The number of aliphatic hydroxyl groups excluding tert-OH is 1. The fourth-order valence-corrected chi connectivity index (χ4v) is 5.36. The van der Waals surface area contributed by atoms with Gasteiger partial charge in [-0.2, -0.15) is 10.2 Å². The van der Waals surface area contributed by atoms with Gasteiger partial charge in [0.25, 0.3) is 17.4 Å². The molecule has 2 saturated heterocycles. The highest BCUT2D eigenvalue weighted by molar-refractivity contribution is 6.36. The number of imidazole rings is 1. The van der Waals surface area contributed by atoms with Crippen LogP contribution < -0.4 is 15.5 Å². The van der Waals surface area contributed by atoms with Crippen LogP contribution in [0.2, 0.25) is 5.02 Å². The van der Waals surface area contributed by atoms with Gasteiger partial charge in [0.2, 0.25) is 0 Å². The van der Waals surface area contributed by atoms with Crippen LogP contribution in [0, 0.1) is 17.9 Å². The third-order valence-electron chi connectivity index (χ3n) is 7.42. The third kappa shape index (κ3) is 4.46. The molecule has 0 radical (unpaired) electrons. The van der Waals surface area contributed by atoms with Crippen molar-refractivity contribution in [3.05, 3.63) is 40.3 Å². The minimum atomic E-state index is -0.0917. The van der Waals surface area contributed by atoms with Crippen molar-refractivity contribution in [3.63, 3.8) is 0 Å². The number of piperazine rings is 1. The van der Waals surface area contributed by atoms with Crippen LogP contribution in [0.3, 0.4) is 0 Å². The van der Waals surface area contributed by atoms with Gasteiger partial charge in [0.1, 0.15) is 0 Å². The molecule has 3 fully saturated rings. The van der Waals surface area contributed by atoms with E-state index in [1.54, 1.807) is 12.1 Å². The van der Waals surface area contributed by atoms with Crippen LogP contribution in [0.15, 0.2) is 18.3 Å². The fourth-order valence-electron chi connectivity index (χ4n) is 5.08. The maximum absolute atomic E-state index is 9.75. The predicted octanol–water partition coefficient (Wildman–Crippen LogP) is 2.79. The van der Waals surface area contributed by atoms with Gasteiger partial charge < -0.3 is 30.2 Å². The SMILES string of the molecule is [C-]#[N+]c1cnc2c(NC3CC3)nc(Nc3cc(C#N)cc(N4CCN(C5(CCO)COC5)CC4)c3Cl)nn12. The molecule has 12 nitrogen and oxygen atoms in total. The van der Waals surface area contributed by atoms with Crippen molar-refractivity contribution in [3.8, 4) is 6.07 Å². The zero-order chi connectivity index (χ0) is 26.3. The van der Waals surface area contributed by atoms with Crippen molar-refractivity contribution in [1.29, 1.82) is 5.26 Å². The molecule has 2 aromatic heterocycles.